The van der Waals surface area contributed by atoms with Gasteiger partial charge in [-0.25, -0.2) is 0 Å². The third-order valence-electron chi connectivity index (χ3n) is 4.39. The smallest absolute Gasteiger partial charge is 0.307 e. The van der Waals surface area contributed by atoms with Crippen molar-refractivity contribution >= 4 is 16.9 Å². The Hall–Kier alpha value is -3.35. The maximum atomic E-state index is 11.5. The molecule has 0 bridgehead atoms. The summed E-state index contributed by atoms with van der Waals surface area (Å²) in [5.74, 6) is 1.19. The Bertz CT molecular complexity index is 967. The van der Waals surface area contributed by atoms with Gasteiger partial charge in [-0.1, -0.05) is 0 Å². The number of methoxy groups -OCH3 is 4. The summed E-state index contributed by atoms with van der Waals surface area (Å²) in [6.45, 7) is 0. The number of benzene rings is 2. The number of aromatic nitrogens is 1. The molecule has 2 aromatic carbocycles. The predicted molar refractivity (Wildman–Crippen MR) is 101 cm³/mol. The topological polar surface area (TPSA) is 90.0 Å². The Morgan fingerprint density at radius 1 is 0.963 bits per heavy atom. The number of nitrogens with one attached hydrogen (secondary N) is 1. The molecular weight excluding hydrogens is 350 g/mol. The van der Waals surface area contributed by atoms with E-state index in [0.717, 1.165) is 16.5 Å². The summed E-state index contributed by atoms with van der Waals surface area (Å²) in [6, 6.07) is 9.08. The molecule has 0 amide bonds. The highest BCUT2D eigenvalue weighted by molar-refractivity contribution is 5.95. The van der Waals surface area contributed by atoms with Crippen molar-refractivity contribution in [2.45, 2.75) is 6.42 Å². The summed E-state index contributed by atoms with van der Waals surface area (Å²) in [4.78, 5) is 14.8. The van der Waals surface area contributed by atoms with E-state index in [1.165, 1.54) is 21.3 Å². The molecule has 7 nitrogen and oxygen atoms in total. The van der Waals surface area contributed by atoms with Gasteiger partial charge in [-0.05, 0) is 35.9 Å². The molecule has 0 spiro atoms. The van der Waals surface area contributed by atoms with E-state index < -0.39 is 5.97 Å². The average Bonchev–Trinajstić information content (AvgIpc) is 3.03. The maximum absolute atomic E-state index is 11.5. The van der Waals surface area contributed by atoms with E-state index in [9.17, 15) is 9.90 Å². The number of hydrogen-bond donors (Lipinski definition) is 2. The van der Waals surface area contributed by atoms with Gasteiger partial charge in [0.05, 0.1) is 40.6 Å². The van der Waals surface area contributed by atoms with E-state index in [0.29, 0.717) is 34.3 Å². The number of carboxylic acid groups (broad SMARTS) is 1. The molecule has 2 N–H and O–H groups in total. The molecule has 0 saturated heterocycles. The molecule has 142 valence electrons. The van der Waals surface area contributed by atoms with E-state index in [4.69, 9.17) is 18.9 Å². The fourth-order valence-electron chi connectivity index (χ4n) is 3.16. The number of carbonyl (C=O) groups is 1. The molecule has 3 rings (SSSR count). The lowest BCUT2D eigenvalue weighted by atomic mass is 10.0. The number of fused-ring (bicyclic) bond motifs is 1. The van der Waals surface area contributed by atoms with Crippen molar-refractivity contribution < 1.29 is 28.8 Å². The van der Waals surface area contributed by atoms with Gasteiger partial charge in [0, 0.05) is 16.5 Å². The van der Waals surface area contributed by atoms with Crippen LogP contribution in [0.3, 0.4) is 0 Å². The van der Waals surface area contributed by atoms with Crippen LogP contribution in [0.5, 0.6) is 23.0 Å². The Balaban J connectivity index is 2.28. The van der Waals surface area contributed by atoms with Gasteiger partial charge in [-0.2, -0.15) is 0 Å². The molecule has 27 heavy (non-hydrogen) atoms. The van der Waals surface area contributed by atoms with Crippen LogP contribution in [0.25, 0.3) is 22.2 Å². The molecule has 0 saturated carbocycles. The van der Waals surface area contributed by atoms with Crippen molar-refractivity contribution in [3.05, 3.63) is 35.9 Å². The van der Waals surface area contributed by atoms with Gasteiger partial charge in [-0.15, -0.1) is 0 Å². The van der Waals surface area contributed by atoms with Gasteiger partial charge < -0.3 is 29.0 Å². The third kappa shape index (κ3) is 3.36. The van der Waals surface area contributed by atoms with Crippen molar-refractivity contribution in [1.82, 2.24) is 4.98 Å². The highest BCUT2D eigenvalue weighted by atomic mass is 16.5. The summed E-state index contributed by atoms with van der Waals surface area (Å²) in [7, 11) is 6.18. The lowest BCUT2D eigenvalue weighted by Crippen LogP contribution is -2.01. The van der Waals surface area contributed by atoms with Crippen LogP contribution < -0.4 is 18.9 Å². The number of carboxylic acids is 1. The largest absolute Gasteiger partial charge is 0.497 e. The molecule has 3 aromatic rings. The quantitative estimate of drug-likeness (QED) is 0.661. The number of rotatable bonds is 7. The van der Waals surface area contributed by atoms with E-state index in [1.54, 1.807) is 19.2 Å². The molecule has 1 heterocycles. The molecule has 0 aliphatic carbocycles. The second-order valence-electron chi connectivity index (χ2n) is 5.87. The second kappa shape index (κ2) is 7.49. The minimum atomic E-state index is -0.924. The Morgan fingerprint density at radius 3 is 2.15 bits per heavy atom. The Morgan fingerprint density at radius 2 is 1.63 bits per heavy atom. The van der Waals surface area contributed by atoms with Gasteiger partial charge in [-0.3, -0.25) is 4.79 Å². The molecule has 0 atom stereocenters. The summed E-state index contributed by atoms with van der Waals surface area (Å²) in [5.41, 5.74) is 2.89. The lowest BCUT2D eigenvalue weighted by Gasteiger charge is -2.14. The number of ether oxygens (including phenoxy) is 4. The highest BCUT2D eigenvalue weighted by Gasteiger charge is 2.20. The van der Waals surface area contributed by atoms with Gasteiger partial charge in [0.1, 0.15) is 5.75 Å². The van der Waals surface area contributed by atoms with Crippen LogP contribution in [0.15, 0.2) is 30.3 Å². The van der Waals surface area contributed by atoms with E-state index >= 15 is 0 Å². The summed E-state index contributed by atoms with van der Waals surface area (Å²) in [5, 5.41) is 10.2. The summed E-state index contributed by atoms with van der Waals surface area (Å²) in [6.07, 6.45) is -0.140. The molecule has 7 heteroatoms. The van der Waals surface area contributed by atoms with Crippen LogP contribution in [0, 0.1) is 0 Å². The first-order valence-corrected chi connectivity index (χ1v) is 8.23. The monoisotopic (exact) mass is 371 g/mol. The number of H-pyrrole nitrogens is 1. The predicted octanol–water partition coefficient (Wildman–Crippen LogP) is 3.50. The molecule has 0 unspecified atom stereocenters. The fourth-order valence-corrected chi connectivity index (χ4v) is 3.16. The number of aromatic amines is 1. The van der Waals surface area contributed by atoms with Crippen molar-refractivity contribution in [2.24, 2.45) is 0 Å². The van der Waals surface area contributed by atoms with E-state index in [1.807, 2.05) is 18.2 Å². The highest BCUT2D eigenvalue weighted by Crippen LogP contribution is 2.43. The van der Waals surface area contributed by atoms with Crippen molar-refractivity contribution in [1.29, 1.82) is 0 Å². The van der Waals surface area contributed by atoms with Gasteiger partial charge in [0.15, 0.2) is 11.5 Å². The normalized spacial score (nSPS) is 10.7. The summed E-state index contributed by atoms with van der Waals surface area (Å²) < 4.78 is 21.5. The zero-order chi connectivity index (χ0) is 19.6. The Labute approximate surface area is 156 Å². The van der Waals surface area contributed by atoms with Gasteiger partial charge >= 0.3 is 5.97 Å². The molecule has 0 aliphatic rings. The van der Waals surface area contributed by atoms with Crippen LogP contribution in [0.1, 0.15) is 5.56 Å². The number of aliphatic carboxylic acids is 1. The van der Waals surface area contributed by atoms with Crippen LogP contribution in [0.4, 0.5) is 0 Å². The fraction of sp³-hybridized carbons (Fsp3) is 0.250. The summed E-state index contributed by atoms with van der Waals surface area (Å²) >= 11 is 0. The molecule has 0 fully saturated rings. The van der Waals surface area contributed by atoms with Crippen molar-refractivity contribution in [3.8, 4) is 34.3 Å². The molecule has 0 radical (unpaired) electrons. The van der Waals surface area contributed by atoms with Crippen LogP contribution in [-0.4, -0.2) is 44.5 Å². The lowest BCUT2D eigenvalue weighted by molar-refractivity contribution is -0.136. The molecule has 0 aliphatic heterocycles. The van der Waals surface area contributed by atoms with Crippen LogP contribution in [-0.2, 0) is 11.2 Å². The third-order valence-corrected chi connectivity index (χ3v) is 4.39. The first-order chi connectivity index (χ1) is 13.0. The van der Waals surface area contributed by atoms with Crippen molar-refractivity contribution in [3.63, 3.8) is 0 Å². The number of hydrogen-bond acceptors (Lipinski definition) is 5. The zero-order valence-electron chi connectivity index (χ0n) is 15.6. The molecular formula is C20H21NO6. The van der Waals surface area contributed by atoms with E-state index in [-0.39, 0.29) is 6.42 Å². The van der Waals surface area contributed by atoms with Crippen LogP contribution >= 0.6 is 0 Å². The SMILES string of the molecule is COc1ccc2[nH]c(-c3cc(OC)c(OC)c(OC)c3)c(CC(=O)O)c2c1. The van der Waals surface area contributed by atoms with Gasteiger partial charge in [0.2, 0.25) is 5.75 Å². The molecule has 1 aromatic heterocycles. The average molecular weight is 371 g/mol. The minimum Gasteiger partial charge on any atom is -0.497 e. The van der Waals surface area contributed by atoms with E-state index in [2.05, 4.69) is 4.98 Å². The zero-order valence-corrected chi connectivity index (χ0v) is 15.6. The minimum absolute atomic E-state index is 0.140. The first-order valence-electron chi connectivity index (χ1n) is 8.23. The van der Waals surface area contributed by atoms with Crippen molar-refractivity contribution in [2.75, 3.05) is 28.4 Å². The second-order valence-corrected chi connectivity index (χ2v) is 5.87. The Kier molecular flexibility index (Phi) is 5.12. The van der Waals surface area contributed by atoms with Crippen LogP contribution in [0.2, 0.25) is 0 Å². The standard InChI is InChI=1S/C20H21NO6/c1-24-12-5-6-15-13(9-12)14(10-18(22)23)19(21-15)11-7-16(25-2)20(27-4)17(8-11)26-3/h5-9,21H,10H2,1-4H3,(H,22,23). The van der Waals surface area contributed by atoms with Gasteiger partial charge in [0.25, 0.3) is 0 Å². The first kappa shape index (κ1) is 18.4. The maximum Gasteiger partial charge on any atom is 0.307 e.